The number of carbonyl (C=O) groups is 1. The maximum absolute atomic E-state index is 9.82. The zero-order chi connectivity index (χ0) is 9.49. The summed E-state index contributed by atoms with van der Waals surface area (Å²) < 4.78 is 37.5. The van der Waals surface area contributed by atoms with Gasteiger partial charge in [0.15, 0.2) is 0 Å². The quantitative estimate of drug-likeness (QED) is 0.467. The molecule has 0 bridgehead atoms. The summed E-state index contributed by atoms with van der Waals surface area (Å²) >= 11 is -5.38. The third-order valence-electron chi connectivity index (χ3n) is 0.348. The molecule has 0 aliphatic heterocycles. The van der Waals surface area contributed by atoms with Crippen LogP contribution in [-0.4, -0.2) is 16.8 Å². The Morgan fingerprint density at radius 1 is 1.45 bits per heavy atom. The average Bonchev–Trinajstić information content (AvgIpc) is 1.58. The molecule has 6 nitrogen and oxygen atoms in total. The second-order valence-electron chi connectivity index (χ2n) is 1.32. The van der Waals surface area contributed by atoms with Crippen molar-refractivity contribution in [2.24, 2.45) is 0 Å². The first kappa shape index (κ1) is 13.0. The SMILES string of the molecule is CCOC(C)=O.[O]=[Mn](=[O])(=[O])[OH]. The first-order valence-electron chi connectivity index (χ1n) is 2.54. The Balaban J connectivity index is 0. The summed E-state index contributed by atoms with van der Waals surface area (Å²) in [6, 6.07) is 0. The summed E-state index contributed by atoms with van der Waals surface area (Å²) in [5.74, 6) is -0.211. The third-order valence-corrected chi connectivity index (χ3v) is 0.348. The second-order valence-corrected chi connectivity index (χ2v) is 2.56. The van der Waals surface area contributed by atoms with E-state index in [1.165, 1.54) is 6.92 Å². The van der Waals surface area contributed by atoms with Crippen LogP contribution in [0.1, 0.15) is 13.8 Å². The summed E-state index contributed by atoms with van der Waals surface area (Å²) in [6.07, 6.45) is 0. The van der Waals surface area contributed by atoms with Crippen LogP contribution in [0.5, 0.6) is 0 Å². The molecule has 68 valence electrons. The van der Waals surface area contributed by atoms with Crippen molar-refractivity contribution in [2.45, 2.75) is 13.8 Å². The molecule has 11 heavy (non-hydrogen) atoms. The molecule has 0 atom stereocenters. The van der Waals surface area contributed by atoms with Gasteiger partial charge < -0.3 is 4.74 Å². The molecule has 0 aliphatic rings. The van der Waals surface area contributed by atoms with Gasteiger partial charge in [-0.2, -0.15) is 0 Å². The molecule has 0 aliphatic carbocycles. The molecular weight excluding hydrogens is 199 g/mol. The molecule has 0 radical (unpaired) electrons. The standard InChI is InChI=1S/C4H8O2.Mn.H2O.3O/c1-3-6-4(2)5;;;;;/h3H2,1-2H3;;1H2;;;/q;+1;;;;/p-1. The van der Waals surface area contributed by atoms with Crippen molar-refractivity contribution in [3.63, 3.8) is 0 Å². The number of carbonyl (C=O) groups excluding carboxylic acids is 1. The fourth-order valence-corrected chi connectivity index (χ4v) is 0.203. The van der Waals surface area contributed by atoms with Gasteiger partial charge in [-0.15, -0.1) is 0 Å². The molecule has 0 aromatic carbocycles. The number of hydrogen-bond donors (Lipinski definition) is 1. The molecule has 0 fully saturated rings. The van der Waals surface area contributed by atoms with Gasteiger partial charge in [0.25, 0.3) is 0 Å². The van der Waals surface area contributed by atoms with E-state index in [0.29, 0.717) is 6.61 Å². The molecule has 0 aromatic rings. The van der Waals surface area contributed by atoms with E-state index in [1.54, 1.807) is 6.92 Å². The van der Waals surface area contributed by atoms with E-state index in [-0.39, 0.29) is 5.97 Å². The summed E-state index contributed by atoms with van der Waals surface area (Å²) in [5, 5.41) is 0. The first-order valence-corrected chi connectivity index (χ1v) is 4.51. The van der Waals surface area contributed by atoms with Gasteiger partial charge in [0.2, 0.25) is 0 Å². The Hall–Kier alpha value is -0.651. The first-order chi connectivity index (χ1) is 4.77. The molecule has 7 heteroatoms. The van der Waals surface area contributed by atoms with Gasteiger partial charge in [0.1, 0.15) is 0 Å². The maximum atomic E-state index is 9.82. The molecule has 1 N–H and O–H groups in total. The zero-order valence-corrected chi connectivity index (χ0v) is 7.25. The van der Waals surface area contributed by atoms with Crippen LogP contribution < -0.4 is 0 Å². The van der Waals surface area contributed by atoms with Gasteiger partial charge in [-0.05, 0) is 6.92 Å². The Kier molecular flexibility index (Phi) is 7.18. The van der Waals surface area contributed by atoms with E-state index >= 15 is 0 Å². The molecule has 0 amide bonds. The second kappa shape index (κ2) is 6.09. The van der Waals surface area contributed by atoms with Gasteiger partial charge in [0, 0.05) is 6.92 Å². The fourth-order valence-electron chi connectivity index (χ4n) is 0.203. The van der Waals surface area contributed by atoms with E-state index in [9.17, 15) is 4.79 Å². The van der Waals surface area contributed by atoms with E-state index in [4.69, 9.17) is 15.7 Å². The van der Waals surface area contributed by atoms with Crippen LogP contribution >= 0.6 is 0 Å². The Morgan fingerprint density at radius 2 is 1.73 bits per heavy atom. The van der Waals surface area contributed by atoms with E-state index in [1.807, 2.05) is 0 Å². The van der Waals surface area contributed by atoms with Crippen molar-refractivity contribution < 1.29 is 38.2 Å². The zero-order valence-electron chi connectivity index (χ0n) is 6.07. The topological polar surface area (TPSA) is 97.7 Å². The predicted molar refractivity (Wildman–Crippen MR) is 26.6 cm³/mol. The van der Waals surface area contributed by atoms with Crippen LogP contribution in [0.4, 0.5) is 0 Å². The van der Waals surface area contributed by atoms with E-state index < -0.39 is 13.0 Å². The number of hydrogen-bond acceptors (Lipinski definition) is 5. The summed E-state index contributed by atoms with van der Waals surface area (Å²) in [6.45, 7) is 3.65. The Morgan fingerprint density at radius 3 is 1.73 bits per heavy atom. The number of rotatable bonds is 1. The van der Waals surface area contributed by atoms with Gasteiger partial charge in [0.05, 0.1) is 6.61 Å². The number of ether oxygens (including phenoxy) is 1. The molecule has 0 heterocycles. The Bertz CT molecular complexity index is 229. The van der Waals surface area contributed by atoms with Crippen LogP contribution in [0.2, 0.25) is 0 Å². The van der Waals surface area contributed by atoms with Crippen LogP contribution in [0.25, 0.3) is 0 Å². The van der Waals surface area contributed by atoms with Gasteiger partial charge in [-0.25, -0.2) is 0 Å². The monoisotopic (exact) mass is 208 g/mol. The van der Waals surface area contributed by atoms with Gasteiger partial charge in [-0.3, -0.25) is 4.79 Å². The third kappa shape index (κ3) is 91.5. The molecule has 0 aromatic heterocycles. The normalized spacial score (nSPS) is 9.36. The summed E-state index contributed by atoms with van der Waals surface area (Å²) in [7, 11) is 0. The van der Waals surface area contributed by atoms with Crippen LogP contribution in [0, 0.1) is 0 Å². The van der Waals surface area contributed by atoms with Gasteiger partial charge >= 0.3 is 34.6 Å². The van der Waals surface area contributed by atoms with Crippen molar-refractivity contribution in [1.82, 2.24) is 0 Å². The Labute approximate surface area is 65.3 Å². The van der Waals surface area contributed by atoms with Crippen molar-refractivity contribution in [3.8, 4) is 0 Å². The average molecular weight is 208 g/mol. The summed E-state index contributed by atoms with van der Waals surface area (Å²) in [5.41, 5.74) is 0. The van der Waals surface area contributed by atoms with Crippen LogP contribution in [0.15, 0.2) is 0 Å². The number of esters is 1. The van der Waals surface area contributed by atoms with Crippen LogP contribution in [-0.2, 0) is 34.0 Å². The molecule has 0 unspecified atom stereocenters. The molecule has 0 spiro atoms. The van der Waals surface area contributed by atoms with Gasteiger partial charge in [-0.1, -0.05) is 0 Å². The van der Waals surface area contributed by atoms with E-state index in [0.717, 1.165) is 0 Å². The minimum absolute atomic E-state index is 0.211. The van der Waals surface area contributed by atoms with Crippen molar-refractivity contribution in [3.05, 3.63) is 0 Å². The molecule has 0 saturated heterocycles. The minimum atomic E-state index is -5.38. The summed E-state index contributed by atoms with van der Waals surface area (Å²) in [4.78, 5) is 9.82. The van der Waals surface area contributed by atoms with E-state index in [2.05, 4.69) is 4.74 Å². The van der Waals surface area contributed by atoms with Crippen molar-refractivity contribution in [1.29, 1.82) is 0 Å². The molecule has 0 rings (SSSR count). The molecular formula is C4H9MnO6. The predicted octanol–water partition coefficient (Wildman–Crippen LogP) is -0.346. The fraction of sp³-hybridized carbons (Fsp3) is 0.750. The van der Waals surface area contributed by atoms with Crippen molar-refractivity contribution >= 4 is 5.97 Å². The van der Waals surface area contributed by atoms with Crippen LogP contribution in [0.3, 0.4) is 0 Å². The molecule has 0 saturated carbocycles. The van der Waals surface area contributed by atoms with Crippen molar-refractivity contribution in [2.75, 3.05) is 6.61 Å².